The van der Waals surface area contributed by atoms with E-state index in [4.69, 9.17) is 4.42 Å². The highest BCUT2D eigenvalue weighted by atomic mass is 32.2. The van der Waals surface area contributed by atoms with Crippen molar-refractivity contribution in [3.05, 3.63) is 30.0 Å². The highest BCUT2D eigenvalue weighted by molar-refractivity contribution is 8.00. The number of nitrogens with one attached hydrogen (secondary N) is 1. The lowest BCUT2D eigenvalue weighted by Crippen LogP contribution is -2.32. The molecule has 25 heavy (non-hydrogen) atoms. The van der Waals surface area contributed by atoms with Gasteiger partial charge in [0.1, 0.15) is 0 Å². The number of amides is 1. The number of aromatic nitrogens is 3. The number of nitrogens with zero attached hydrogens (tertiary/aromatic N) is 3. The maximum Gasteiger partial charge on any atom is 0.233 e. The lowest BCUT2D eigenvalue weighted by Gasteiger charge is -2.14. The third-order valence-electron chi connectivity index (χ3n) is 4.36. The summed E-state index contributed by atoms with van der Waals surface area (Å²) >= 11 is 1.40. The molecule has 2 heterocycles. The van der Waals surface area contributed by atoms with E-state index in [-0.39, 0.29) is 11.2 Å². The number of carbonyl (C=O) groups is 1. The molecule has 1 N–H and O–H groups in total. The van der Waals surface area contributed by atoms with Crippen molar-refractivity contribution in [3.8, 4) is 11.6 Å². The van der Waals surface area contributed by atoms with Crippen LogP contribution in [0.25, 0.3) is 11.6 Å². The van der Waals surface area contributed by atoms with E-state index < -0.39 is 0 Å². The first-order valence-electron chi connectivity index (χ1n) is 8.70. The Balaban J connectivity index is 1.50. The third-order valence-corrected chi connectivity index (χ3v) is 5.49. The summed E-state index contributed by atoms with van der Waals surface area (Å²) in [6.07, 6.45) is 9.81. The van der Waals surface area contributed by atoms with Gasteiger partial charge in [0, 0.05) is 13.6 Å². The zero-order valence-electron chi connectivity index (χ0n) is 14.7. The minimum atomic E-state index is -0.229. The molecule has 0 saturated carbocycles. The summed E-state index contributed by atoms with van der Waals surface area (Å²) in [7, 11) is 1.88. The fourth-order valence-electron chi connectivity index (χ4n) is 2.87. The predicted molar refractivity (Wildman–Crippen MR) is 98.2 cm³/mol. The number of rotatable bonds is 7. The van der Waals surface area contributed by atoms with Crippen molar-refractivity contribution in [2.24, 2.45) is 7.05 Å². The van der Waals surface area contributed by atoms with Gasteiger partial charge in [-0.3, -0.25) is 4.79 Å². The van der Waals surface area contributed by atoms with E-state index in [2.05, 4.69) is 21.6 Å². The van der Waals surface area contributed by atoms with Crippen LogP contribution in [0.4, 0.5) is 0 Å². The SMILES string of the molecule is CC(Sc1nnc(-c2ccco2)n1C)C(=O)NCCC1=CCCCC1. The minimum Gasteiger partial charge on any atom is -0.461 e. The van der Waals surface area contributed by atoms with E-state index in [1.807, 2.05) is 30.7 Å². The molecule has 134 valence electrons. The van der Waals surface area contributed by atoms with E-state index in [1.165, 1.54) is 43.0 Å². The summed E-state index contributed by atoms with van der Waals surface area (Å²) in [4.78, 5) is 12.3. The molecule has 1 amide bonds. The average Bonchev–Trinajstić information content (AvgIpc) is 3.26. The molecule has 1 aliphatic carbocycles. The van der Waals surface area contributed by atoms with Crippen molar-refractivity contribution in [2.45, 2.75) is 49.4 Å². The molecular weight excluding hydrogens is 336 g/mol. The van der Waals surface area contributed by atoms with E-state index in [0.717, 1.165) is 6.42 Å². The Hall–Kier alpha value is -2.02. The lowest BCUT2D eigenvalue weighted by atomic mass is 9.97. The summed E-state index contributed by atoms with van der Waals surface area (Å²) in [6.45, 7) is 2.59. The zero-order chi connectivity index (χ0) is 17.6. The predicted octanol–water partition coefficient (Wildman–Crippen LogP) is 3.56. The largest absolute Gasteiger partial charge is 0.461 e. The number of allylic oxidation sites excluding steroid dienone is 1. The highest BCUT2D eigenvalue weighted by Crippen LogP contribution is 2.26. The fraction of sp³-hybridized carbons (Fsp3) is 0.500. The second-order valence-corrected chi connectivity index (χ2v) is 7.56. The molecule has 0 aliphatic heterocycles. The molecule has 1 aliphatic rings. The highest BCUT2D eigenvalue weighted by Gasteiger charge is 2.20. The normalized spacial score (nSPS) is 15.7. The molecule has 7 heteroatoms. The minimum absolute atomic E-state index is 0.0314. The Kier molecular flexibility index (Phi) is 5.96. The first-order valence-corrected chi connectivity index (χ1v) is 9.58. The second-order valence-electron chi connectivity index (χ2n) is 6.25. The van der Waals surface area contributed by atoms with Crippen LogP contribution in [0, 0.1) is 0 Å². The monoisotopic (exact) mass is 360 g/mol. The number of hydrogen-bond donors (Lipinski definition) is 1. The molecule has 3 rings (SSSR count). The van der Waals surface area contributed by atoms with Crippen molar-refractivity contribution in [2.75, 3.05) is 6.54 Å². The standard InChI is InChI=1S/C18H24N4O2S/c1-13(17(23)19-11-10-14-7-4-3-5-8-14)25-18-21-20-16(22(18)2)15-9-6-12-24-15/h6-7,9,12-13H,3-5,8,10-11H2,1-2H3,(H,19,23). The molecular formula is C18H24N4O2S. The molecule has 6 nitrogen and oxygen atoms in total. The zero-order valence-corrected chi connectivity index (χ0v) is 15.5. The second kappa shape index (κ2) is 8.38. The first kappa shape index (κ1) is 17.8. The molecule has 0 bridgehead atoms. The van der Waals surface area contributed by atoms with Crippen molar-refractivity contribution in [1.29, 1.82) is 0 Å². The Morgan fingerprint density at radius 2 is 2.32 bits per heavy atom. The molecule has 0 saturated heterocycles. The van der Waals surface area contributed by atoms with E-state index in [9.17, 15) is 4.79 Å². The Bertz CT molecular complexity index is 736. The topological polar surface area (TPSA) is 73.0 Å². The first-order chi connectivity index (χ1) is 12.1. The van der Waals surface area contributed by atoms with Crippen LogP contribution in [0.15, 0.2) is 39.6 Å². The van der Waals surface area contributed by atoms with Gasteiger partial charge in [0.25, 0.3) is 0 Å². The summed E-state index contributed by atoms with van der Waals surface area (Å²) in [5, 5.41) is 11.8. The summed E-state index contributed by atoms with van der Waals surface area (Å²) in [5.41, 5.74) is 1.48. The van der Waals surface area contributed by atoms with Crippen LogP contribution in [0.3, 0.4) is 0 Å². The van der Waals surface area contributed by atoms with Crippen molar-refractivity contribution >= 4 is 17.7 Å². The maximum atomic E-state index is 12.3. The van der Waals surface area contributed by atoms with Gasteiger partial charge in [-0.1, -0.05) is 23.4 Å². The van der Waals surface area contributed by atoms with Crippen LogP contribution in [0.5, 0.6) is 0 Å². The molecule has 0 aromatic carbocycles. The quantitative estimate of drug-likeness (QED) is 0.604. The van der Waals surface area contributed by atoms with E-state index >= 15 is 0 Å². The molecule has 1 unspecified atom stereocenters. The summed E-state index contributed by atoms with van der Waals surface area (Å²) in [6, 6.07) is 3.66. The molecule has 0 spiro atoms. The Morgan fingerprint density at radius 1 is 1.44 bits per heavy atom. The van der Waals surface area contributed by atoms with Gasteiger partial charge in [0.2, 0.25) is 5.91 Å². The average molecular weight is 360 g/mol. The van der Waals surface area contributed by atoms with Gasteiger partial charge in [0.15, 0.2) is 16.7 Å². The molecule has 1 atom stereocenters. The van der Waals surface area contributed by atoms with Crippen LogP contribution in [0.2, 0.25) is 0 Å². The van der Waals surface area contributed by atoms with Crippen molar-refractivity contribution in [3.63, 3.8) is 0 Å². The molecule has 2 aromatic rings. The fourth-order valence-corrected chi connectivity index (χ4v) is 3.71. The number of thioether (sulfide) groups is 1. The van der Waals surface area contributed by atoms with Crippen LogP contribution in [-0.4, -0.2) is 32.5 Å². The summed E-state index contributed by atoms with van der Waals surface area (Å²) < 4.78 is 7.21. The smallest absolute Gasteiger partial charge is 0.233 e. The number of furan rings is 1. The van der Waals surface area contributed by atoms with Crippen LogP contribution in [-0.2, 0) is 11.8 Å². The van der Waals surface area contributed by atoms with Gasteiger partial charge >= 0.3 is 0 Å². The molecule has 2 aromatic heterocycles. The van der Waals surface area contributed by atoms with Gasteiger partial charge in [-0.2, -0.15) is 0 Å². The van der Waals surface area contributed by atoms with Crippen LogP contribution in [0.1, 0.15) is 39.0 Å². The van der Waals surface area contributed by atoms with Crippen LogP contribution < -0.4 is 5.32 Å². The van der Waals surface area contributed by atoms with Gasteiger partial charge in [-0.25, -0.2) is 0 Å². The third kappa shape index (κ3) is 4.54. The lowest BCUT2D eigenvalue weighted by molar-refractivity contribution is -0.120. The summed E-state index contributed by atoms with van der Waals surface area (Å²) in [5.74, 6) is 1.35. The van der Waals surface area contributed by atoms with Crippen LogP contribution >= 0.6 is 11.8 Å². The molecule has 0 fully saturated rings. The Morgan fingerprint density at radius 3 is 3.04 bits per heavy atom. The van der Waals surface area contributed by atoms with E-state index in [1.54, 1.807) is 6.26 Å². The Labute approximate surface area is 152 Å². The van der Waals surface area contributed by atoms with Gasteiger partial charge in [0.05, 0.1) is 11.5 Å². The number of carbonyl (C=O) groups excluding carboxylic acids is 1. The van der Waals surface area contributed by atoms with Gasteiger partial charge in [-0.05, 0) is 51.2 Å². The van der Waals surface area contributed by atoms with Crippen molar-refractivity contribution < 1.29 is 9.21 Å². The number of hydrogen-bond acceptors (Lipinski definition) is 5. The van der Waals surface area contributed by atoms with Gasteiger partial charge in [-0.15, -0.1) is 10.2 Å². The maximum absolute atomic E-state index is 12.3. The van der Waals surface area contributed by atoms with E-state index in [0.29, 0.717) is 23.3 Å². The van der Waals surface area contributed by atoms with Crippen molar-refractivity contribution in [1.82, 2.24) is 20.1 Å². The molecule has 0 radical (unpaired) electrons. The van der Waals surface area contributed by atoms with Gasteiger partial charge < -0.3 is 14.3 Å².